The summed E-state index contributed by atoms with van der Waals surface area (Å²) in [6.07, 6.45) is 11.2. The van der Waals surface area contributed by atoms with Crippen molar-refractivity contribution in [2.45, 2.75) is 39.5 Å². The fourth-order valence-corrected chi connectivity index (χ4v) is 5.38. The number of allylic oxidation sites excluding steroid dienone is 2. The van der Waals surface area contributed by atoms with Crippen LogP contribution < -0.4 is 0 Å². The molecule has 2 unspecified atom stereocenters. The van der Waals surface area contributed by atoms with Gasteiger partial charge in [-0.15, -0.1) is 23.3 Å². The molecule has 36 heavy (non-hydrogen) atoms. The normalized spacial score (nSPS) is 16.4. The zero-order valence-electron chi connectivity index (χ0n) is 21.6. The minimum absolute atomic E-state index is 0.312. The summed E-state index contributed by atoms with van der Waals surface area (Å²) < 4.78 is 3.34. The number of rotatable bonds is 2. The number of fused-ring (bicyclic) bond motifs is 2. The summed E-state index contributed by atoms with van der Waals surface area (Å²) in [7, 11) is 0. The molecule has 1 heteroatoms. The monoisotopic (exact) mass is 542 g/mol. The Balaban J connectivity index is 0.000000158. The molecule has 6 rings (SSSR count). The second kappa shape index (κ2) is 11.9. The first-order valence-electron chi connectivity index (χ1n) is 12.4. The second-order valence-corrected chi connectivity index (χ2v) is 9.48. The number of aryl methyl sites for hydroxylation is 4. The molecule has 2 atom stereocenters. The van der Waals surface area contributed by atoms with Crippen molar-refractivity contribution in [2.75, 3.05) is 0 Å². The quantitative estimate of drug-likeness (QED) is 0.222. The Morgan fingerprint density at radius 3 is 1.28 bits per heavy atom. The molecule has 0 amide bonds. The second-order valence-electron chi connectivity index (χ2n) is 9.48. The zero-order chi connectivity index (χ0) is 25.7. The van der Waals surface area contributed by atoms with Crippen LogP contribution in [0.2, 0.25) is 0 Å². The maximum atomic E-state index is 3.48. The van der Waals surface area contributed by atoms with Crippen LogP contribution in [0, 0.1) is 39.8 Å². The van der Waals surface area contributed by atoms with E-state index in [1.165, 1.54) is 79.9 Å². The van der Waals surface area contributed by atoms with Gasteiger partial charge in [0, 0.05) is 0 Å². The molecule has 176 valence electrons. The molecule has 2 aliphatic rings. The van der Waals surface area contributed by atoms with Crippen LogP contribution >= 0.6 is 0 Å². The van der Waals surface area contributed by atoms with Gasteiger partial charge >= 0.3 is 28.4 Å². The molecule has 0 aliphatic heterocycles. The van der Waals surface area contributed by atoms with E-state index in [1.54, 1.807) is 0 Å². The van der Waals surface area contributed by atoms with Gasteiger partial charge in [-0.2, -0.15) is 11.1 Å². The van der Waals surface area contributed by atoms with Crippen LogP contribution in [0.3, 0.4) is 0 Å². The average molecular weight is 544 g/mol. The van der Waals surface area contributed by atoms with Crippen molar-refractivity contribution in [3.8, 4) is 0 Å². The molecule has 0 saturated carbocycles. The molecule has 0 bridgehead atoms. The van der Waals surface area contributed by atoms with Crippen molar-refractivity contribution >= 4 is 16.4 Å². The van der Waals surface area contributed by atoms with Gasteiger partial charge in [-0.3, -0.25) is 12.2 Å². The molecule has 4 aromatic rings. The third-order valence-electron chi connectivity index (χ3n) is 6.78. The van der Waals surface area contributed by atoms with E-state index in [-0.39, 0.29) is 0 Å². The topological polar surface area (TPSA) is 0 Å². The van der Waals surface area contributed by atoms with Crippen LogP contribution in [0.15, 0.2) is 84.9 Å². The summed E-state index contributed by atoms with van der Waals surface area (Å²) >= 11 is 1.30. The van der Waals surface area contributed by atoms with Crippen molar-refractivity contribution in [3.05, 3.63) is 153 Å². The summed E-state index contributed by atoms with van der Waals surface area (Å²) in [6, 6.07) is 30.2. The van der Waals surface area contributed by atoms with E-state index >= 15 is 0 Å². The van der Waals surface area contributed by atoms with Crippen LogP contribution in [0.5, 0.6) is 0 Å². The van der Waals surface area contributed by atoms with Crippen molar-refractivity contribution in [2.24, 2.45) is 0 Å². The summed E-state index contributed by atoms with van der Waals surface area (Å²) in [4.78, 5) is 0. The van der Waals surface area contributed by atoms with Crippen molar-refractivity contribution in [3.63, 3.8) is 0 Å². The molecular formula is C35H32Zr. The van der Waals surface area contributed by atoms with Crippen molar-refractivity contribution in [1.82, 2.24) is 0 Å². The summed E-state index contributed by atoms with van der Waals surface area (Å²) in [6.45, 7) is 8.69. The Kier molecular flexibility index (Phi) is 8.65. The molecule has 4 aromatic carbocycles. The van der Waals surface area contributed by atoms with Gasteiger partial charge < -0.3 is 0 Å². The van der Waals surface area contributed by atoms with E-state index in [0.29, 0.717) is 11.8 Å². The molecule has 0 nitrogen and oxygen atoms in total. The van der Waals surface area contributed by atoms with Crippen LogP contribution in [0.25, 0.3) is 12.2 Å². The van der Waals surface area contributed by atoms with E-state index in [2.05, 4.69) is 141 Å². The third-order valence-corrected chi connectivity index (χ3v) is 6.78. The molecule has 0 fully saturated rings. The Morgan fingerprint density at radius 1 is 0.556 bits per heavy atom. The fourth-order valence-electron chi connectivity index (χ4n) is 5.38. The van der Waals surface area contributed by atoms with Gasteiger partial charge in [0.05, 0.1) is 0 Å². The van der Waals surface area contributed by atoms with Gasteiger partial charge in [0.2, 0.25) is 0 Å². The molecular weight excluding hydrogens is 512 g/mol. The molecule has 0 N–H and O–H groups in total. The number of benzene rings is 4. The predicted molar refractivity (Wildman–Crippen MR) is 151 cm³/mol. The van der Waals surface area contributed by atoms with Crippen molar-refractivity contribution in [1.29, 1.82) is 0 Å². The summed E-state index contributed by atoms with van der Waals surface area (Å²) in [5, 5.41) is 0. The van der Waals surface area contributed by atoms with E-state index in [0.717, 1.165) is 0 Å². The summed E-state index contributed by atoms with van der Waals surface area (Å²) in [5.74, 6) is 0.624. The molecule has 0 spiro atoms. The Hall–Kier alpha value is -2.89. The van der Waals surface area contributed by atoms with E-state index in [9.17, 15) is 0 Å². The summed E-state index contributed by atoms with van der Waals surface area (Å²) in [5.41, 5.74) is 13.5. The SMILES string of the molecule is Cc1cc(C)c2c(c1)C=[C-]C2c1ccccc1.Cc1cc(C)c2c(c1)C=[C-]C2c1ccccc1.[CH2]=[Zr+2]. The van der Waals surface area contributed by atoms with Crippen LogP contribution in [-0.2, 0) is 24.2 Å². The van der Waals surface area contributed by atoms with Gasteiger partial charge in [-0.1, -0.05) is 118 Å². The Bertz CT molecular complexity index is 1290. The van der Waals surface area contributed by atoms with Crippen LogP contribution in [0.4, 0.5) is 0 Å². The zero-order valence-corrected chi connectivity index (χ0v) is 24.1. The average Bonchev–Trinajstić information content (AvgIpc) is 3.52. The first kappa shape index (κ1) is 26.2. The predicted octanol–water partition coefficient (Wildman–Crippen LogP) is 8.50. The van der Waals surface area contributed by atoms with Crippen LogP contribution in [-0.4, -0.2) is 4.21 Å². The number of hydrogen-bond donors (Lipinski definition) is 0. The molecule has 0 saturated heterocycles. The first-order valence-corrected chi connectivity index (χ1v) is 14.1. The Morgan fingerprint density at radius 2 is 0.917 bits per heavy atom. The number of hydrogen-bond acceptors (Lipinski definition) is 0. The minimum atomic E-state index is 0.312. The molecule has 0 radical (unpaired) electrons. The van der Waals surface area contributed by atoms with Gasteiger partial charge in [-0.05, 0) is 27.7 Å². The Labute approximate surface area is 231 Å². The molecule has 0 heterocycles. The molecule has 2 aliphatic carbocycles. The van der Waals surface area contributed by atoms with E-state index < -0.39 is 0 Å². The fraction of sp³-hybridized carbons (Fsp3) is 0.171. The van der Waals surface area contributed by atoms with Crippen LogP contribution in [0.1, 0.15) is 67.5 Å². The van der Waals surface area contributed by atoms with E-state index in [4.69, 9.17) is 0 Å². The van der Waals surface area contributed by atoms with Gasteiger partial charge in [-0.25, -0.2) is 12.2 Å². The van der Waals surface area contributed by atoms with Gasteiger partial charge in [0.1, 0.15) is 0 Å². The molecule has 0 aromatic heterocycles. The van der Waals surface area contributed by atoms with Gasteiger partial charge in [0.15, 0.2) is 0 Å². The third kappa shape index (κ3) is 5.58. The first-order chi connectivity index (χ1) is 17.5. The van der Waals surface area contributed by atoms with Gasteiger partial charge in [0.25, 0.3) is 0 Å². The van der Waals surface area contributed by atoms with Crippen molar-refractivity contribution < 1.29 is 24.2 Å². The maximum absolute atomic E-state index is 3.48. The van der Waals surface area contributed by atoms with E-state index in [1.807, 2.05) is 0 Å². The standard InChI is InChI=1S/2C17H15.CH2.Zr/c2*1-12-10-13(2)17-15(11-12)8-9-16(17)14-6-4-3-5-7-14;;/h2*3-8,10-11,16H,1-2H3;1H2;/q2*-1;;+2.